The molecule has 0 aliphatic carbocycles. The van der Waals surface area contributed by atoms with Gasteiger partial charge in [-0.25, -0.2) is 0 Å². The summed E-state index contributed by atoms with van der Waals surface area (Å²) in [5, 5.41) is 0. The maximum Gasteiger partial charge on any atom is 0 e. The van der Waals surface area contributed by atoms with E-state index in [1.807, 2.05) is 0 Å². The molecule has 0 heterocycles. The first-order valence-electron chi connectivity index (χ1n) is 0.698. The third-order valence-corrected chi connectivity index (χ3v) is 0. The maximum atomic E-state index is 9.21. The first kappa shape index (κ1) is 10.3. The van der Waals surface area contributed by atoms with Gasteiger partial charge in [0, 0.05) is 17.1 Å². The summed E-state index contributed by atoms with van der Waals surface area (Å²) in [6, 6.07) is 0. The molecule has 0 amide bonds. The molecule has 0 aliphatic rings. The van der Waals surface area contributed by atoms with Gasteiger partial charge in [0.05, 0.1) is 0 Å². The quantitative estimate of drug-likeness (QED) is 0.437. The second-order valence-electron chi connectivity index (χ2n) is 0.448. The van der Waals surface area contributed by atoms with Gasteiger partial charge in [-0.1, -0.05) is 0 Å². The minimum absolute atomic E-state index is 0. The molecule has 6 heavy (non-hydrogen) atoms. The fraction of sp³-hybridized carbons (Fsp3) is 0. The minimum atomic E-state index is -3.62. The Morgan fingerprint density at radius 2 is 1.50 bits per heavy atom. The zero-order valence-corrected chi connectivity index (χ0v) is 7.05. The van der Waals surface area contributed by atoms with Gasteiger partial charge in [0.25, 0.3) is 0 Å². The van der Waals surface area contributed by atoms with Crippen LogP contribution in [0.3, 0.4) is 0 Å². The predicted molar refractivity (Wildman–Crippen MR) is 18.7 cm³/mol. The standard InChI is InChI=1S/Mn.H2O3STe/c;1-4(2,3)5/h;(H2,1,2,3,5). The van der Waals surface area contributed by atoms with Crippen molar-refractivity contribution in [2.75, 3.05) is 0 Å². The van der Waals surface area contributed by atoms with Crippen molar-refractivity contribution in [3.8, 4) is 0 Å². The largest absolute Gasteiger partial charge is 0 e. The van der Waals surface area contributed by atoms with Crippen molar-refractivity contribution in [2.24, 2.45) is 0 Å². The van der Waals surface area contributed by atoms with Gasteiger partial charge in [0.1, 0.15) is 0 Å². The maximum absolute atomic E-state index is 9.21. The van der Waals surface area contributed by atoms with Crippen LogP contribution in [-0.4, -0.2) is 33.9 Å². The van der Waals surface area contributed by atoms with Crippen LogP contribution in [0.5, 0.6) is 0 Å². The zero-order valence-electron chi connectivity index (χ0n) is 2.50. The van der Waals surface area contributed by atoms with E-state index in [9.17, 15) is 8.42 Å². The molecule has 0 fully saturated rings. The van der Waals surface area contributed by atoms with Crippen LogP contribution in [0.1, 0.15) is 0 Å². The van der Waals surface area contributed by atoms with Crippen LogP contribution < -0.4 is 0 Å². The SMILES string of the molecule is O=S(=O)(O)[TeH].[Mn]. The van der Waals surface area contributed by atoms with Crippen LogP contribution in [0.15, 0.2) is 0 Å². The Bertz CT molecular complexity index is 94.0. The number of hydrogen-bond acceptors (Lipinski definition) is 2. The molecule has 0 aromatic heterocycles. The van der Waals surface area contributed by atoms with Crippen molar-refractivity contribution >= 4 is 28.3 Å². The van der Waals surface area contributed by atoms with Crippen LogP contribution in [0.2, 0.25) is 0 Å². The van der Waals surface area contributed by atoms with Crippen molar-refractivity contribution < 1.29 is 30.0 Å². The zero-order chi connectivity index (χ0) is 4.50. The van der Waals surface area contributed by atoms with Gasteiger partial charge in [-0.05, 0) is 0 Å². The predicted octanol–water partition coefficient (Wildman–Crippen LogP) is -1.31. The molecule has 0 atom stereocenters. The summed E-state index contributed by atoms with van der Waals surface area (Å²) in [4.78, 5) is 0. The van der Waals surface area contributed by atoms with E-state index in [1.54, 1.807) is 0 Å². The molecule has 3 nitrogen and oxygen atoms in total. The fourth-order valence-electron chi connectivity index (χ4n) is 0. The first-order valence-corrected chi connectivity index (χ1v) is 5.22. The second-order valence-corrected chi connectivity index (χ2v) is 5.29. The Kier molecular flexibility index (Phi) is 5.55. The summed E-state index contributed by atoms with van der Waals surface area (Å²) in [5.41, 5.74) is 0. The molecule has 0 unspecified atom stereocenters. The van der Waals surface area contributed by atoms with Crippen LogP contribution in [0.4, 0.5) is 0 Å². The van der Waals surface area contributed by atoms with Gasteiger partial charge in [-0.3, -0.25) is 0 Å². The molecule has 0 bridgehead atoms. The van der Waals surface area contributed by atoms with E-state index >= 15 is 0 Å². The van der Waals surface area contributed by atoms with Gasteiger partial charge in [0.15, 0.2) is 0 Å². The molecular weight excluding hydrogens is 263 g/mol. The van der Waals surface area contributed by atoms with Gasteiger partial charge in [-0.15, -0.1) is 0 Å². The number of rotatable bonds is 0. The summed E-state index contributed by atoms with van der Waals surface area (Å²) in [6.45, 7) is 0. The Labute approximate surface area is 58.1 Å². The molecule has 0 aromatic rings. The summed E-state index contributed by atoms with van der Waals surface area (Å²) in [6.07, 6.45) is 0. The second kappa shape index (κ2) is 3.25. The molecule has 1 radical (unpaired) electrons. The van der Waals surface area contributed by atoms with Gasteiger partial charge in [0.2, 0.25) is 0 Å². The van der Waals surface area contributed by atoms with E-state index in [-0.39, 0.29) is 17.1 Å². The van der Waals surface area contributed by atoms with Gasteiger partial charge < -0.3 is 0 Å². The van der Waals surface area contributed by atoms with E-state index in [0.29, 0.717) is 20.9 Å². The third kappa shape index (κ3) is 62.5. The monoisotopic (exact) mass is 267 g/mol. The van der Waals surface area contributed by atoms with Crippen molar-refractivity contribution in [1.29, 1.82) is 0 Å². The minimum Gasteiger partial charge on any atom is 0 e. The molecule has 0 aliphatic heterocycles. The van der Waals surface area contributed by atoms with Crippen LogP contribution in [0, 0.1) is 0 Å². The van der Waals surface area contributed by atoms with E-state index in [0.717, 1.165) is 0 Å². The Morgan fingerprint density at radius 3 is 1.50 bits per heavy atom. The van der Waals surface area contributed by atoms with Gasteiger partial charge >= 0.3 is 41.2 Å². The topological polar surface area (TPSA) is 54.4 Å². The summed E-state index contributed by atoms with van der Waals surface area (Å²) >= 11 is 0.399. The molecule has 39 valence electrons. The molecule has 0 rings (SSSR count). The Morgan fingerprint density at radius 1 is 1.50 bits per heavy atom. The van der Waals surface area contributed by atoms with Crippen molar-refractivity contribution in [2.45, 2.75) is 0 Å². The van der Waals surface area contributed by atoms with Crippen molar-refractivity contribution in [3.63, 3.8) is 0 Å². The number of hydrogen-bond donors (Lipinski definition) is 1. The molecule has 0 saturated heterocycles. The van der Waals surface area contributed by atoms with E-state index in [1.165, 1.54) is 0 Å². The van der Waals surface area contributed by atoms with Crippen molar-refractivity contribution in [3.05, 3.63) is 0 Å². The van der Waals surface area contributed by atoms with Crippen LogP contribution in [0.25, 0.3) is 0 Å². The molecular formula is H2MnO3STe. The molecule has 6 heteroatoms. The molecule has 0 aromatic carbocycles. The summed E-state index contributed by atoms with van der Waals surface area (Å²) in [5.74, 6) is 0. The molecule has 1 N–H and O–H groups in total. The Balaban J connectivity index is 0. The third-order valence-electron chi connectivity index (χ3n) is 0. The normalized spacial score (nSPS) is 9.67. The van der Waals surface area contributed by atoms with E-state index < -0.39 is 7.35 Å². The average molecular weight is 265 g/mol. The van der Waals surface area contributed by atoms with Gasteiger partial charge in [-0.2, -0.15) is 0 Å². The average Bonchev–Trinajstić information content (AvgIpc) is 0.722. The summed E-state index contributed by atoms with van der Waals surface area (Å²) in [7, 11) is -3.62. The van der Waals surface area contributed by atoms with Crippen LogP contribution >= 0.6 is 0 Å². The van der Waals surface area contributed by atoms with E-state index in [4.69, 9.17) is 4.55 Å². The van der Waals surface area contributed by atoms with Crippen LogP contribution in [-0.2, 0) is 24.4 Å². The first-order chi connectivity index (χ1) is 2.00. The van der Waals surface area contributed by atoms with E-state index in [2.05, 4.69) is 0 Å². The van der Waals surface area contributed by atoms with Crippen molar-refractivity contribution in [1.82, 2.24) is 0 Å². The summed E-state index contributed by atoms with van der Waals surface area (Å²) < 4.78 is 25.9. The Hall–Kier alpha value is 1.22. The smallest absolute Gasteiger partial charge is 0 e. The fourth-order valence-corrected chi connectivity index (χ4v) is 0. The molecule has 0 saturated carbocycles. The molecule has 0 spiro atoms.